The van der Waals surface area contributed by atoms with Crippen molar-refractivity contribution >= 4 is 29.2 Å². The number of aryl methyl sites for hydroxylation is 1. The number of likely N-dealkylation sites (tertiary alicyclic amines) is 1. The maximum atomic E-state index is 2.83. The molecule has 5 heteroatoms. The van der Waals surface area contributed by atoms with Gasteiger partial charge in [0, 0.05) is 73.5 Å². The van der Waals surface area contributed by atoms with Crippen LogP contribution in [0.4, 0.5) is 5.69 Å². The number of thioether (sulfide) groups is 2. The van der Waals surface area contributed by atoms with Crippen molar-refractivity contribution < 1.29 is 0 Å². The molecule has 3 fully saturated rings. The molecule has 0 bridgehead atoms. The summed E-state index contributed by atoms with van der Waals surface area (Å²) in [5.74, 6) is 5.39. The number of anilines is 1. The Balaban J connectivity index is 1.32. The van der Waals surface area contributed by atoms with Crippen LogP contribution in [0.15, 0.2) is 24.3 Å². The second-order valence-electron chi connectivity index (χ2n) is 7.90. The number of rotatable bonds is 3. The van der Waals surface area contributed by atoms with Crippen molar-refractivity contribution in [1.29, 1.82) is 0 Å². The predicted molar refractivity (Wildman–Crippen MR) is 118 cm³/mol. The highest BCUT2D eigenvalue weighted by Gasteiger charge is 2.31. The first-order valence-electron chi connectivity index (χ1n) is 10.3. The maximum absolute atomic E-state index is 2.83. The zero-order chi connectivity index (χ0) is 17.8. The van der Waals surface area contributed by atoms with E-state index in [1.54, 1.807) is 0 Å². The molecule has 3 aliphatic heterocycles. The lowest BCUT2D eigenvalue weighted by Crippen LogP contribution is -2.57. The highest BCUT2D eigenvalue weighted by molar-refractivity contribution is 8.03. The standard InChI is InChI=1S/C21H33N3S2/c1-18-5-2-3-7-21(18)23-11-9-22(10-12-23)19-6-4-8-24(15-19)20-16-25-13-14-26-17-20/h2-3,5,7,19-20H,4,6,8-17H2,1H3. The number of piperidine rings is 1. The van der Waals surface area contributed by atoms with Gasteiger partial charge in [-0.05, 0) is 37.9 Å². The number of nitrogens with zero attached hydrogens (tertiary/aromatic N) is 3. The summed E-state index contributed by atoms with van der Waals surface area (Å²) in [6.07, 6.45) is 2.78. The zero-order valence-electron chi connectivity index (χ0n) is 16.1. The quantitative estimate of drug-likeness (QED) is 0.779. The molecule has 0 aromatic heterocycles. The molecule has 3 heterocycles. The third-order valence-corrected chi connectivity index (χ3v) is 8.71. The normalized spacial score (nSPS) is 27.4. The minimum absolute atomic E-state index is 0.779. The Kier molecular flexibility index (Phi) is 6.73. The van der Waals surface area contributed by atoms with Crippen molar-refractivity contribution in [3.05, 3.63) is 29.8 Å². The zero-order valence-corrected chi connectivity index (χ0v) is 17.7. The summed E-state index contributed by atoms with van der Waals surface area (Å²) in [6, 6.07) is 10.4. The molecule has 0 N–H and O–H groups in total. The first-order chi connectivity index (χ1) is 12.8. The first-order valence-corrected chi connectivity index (χ1v) is 12.6. The van der Waals surface area contributed by atoms with Gasteiger partial charge in [-0.2, -0.15) is 23.5 Å². The largest absolute Gasteiger partial charge is 0.369 e. The SMILES string of the molecule is Cc1ccccc1N1CCN(C2CCCN(C3CSCCSC3)C2)CC1. The lowest BCUT2D eigenvalue weighted by atomic mass is 10.0. The first kappa shape index (κ1) is 19.0. The molecule has 0 saturated carbocycles. The van der Waals surface area contributed by atoms with E-state index in [4.69, 9.17) is 0 Å². The molecule has 1 unspecified atom stereocenters. The summed E-state index contributed by atoms with van der Waals surface area (Å²) in [5, 5.41) is 0. The molecule has 1 aromatic carbocycles. The molecule has 144 valence electrons. The van der Waals surface area contributed by atoms with E-state index in [2.05, 4.69) is 69.4 Å². The number of hydrogen-bond acceptors (Lipinski definition) is 5. The number of para-hydroxylation sites is 1. The van der Waals surface area contributed by atoms with Crippen LogP contribution in [0, 0.1) is 6.92 Å². The third-order valence-electron chi connectivity index (χ3n) is 6.22. The molecular weight excluding hydrogens is 358 g/mol. The van der Waals surface area contributed by atoms with Gasteiger partial charge in [0.05, 0.1) is 0 Å². The molecule has 0 amide bonds. The Labute approximate surface area is 167 Å². The van der Waals surface area contributed by atoms with E-state index in [1.165, 1.54) is 86.4 Å². The highest BCUT2D eigenvalue weighted by Crippen LogP contribution is 2.26. The predicted octanol–water partition coefficient (Wildman–Crippen LogP) is 3.43. The van der Waals surface area contributed by atoms with E-state index in [9.17, 15) is 0 Å². The van der Waals surface area contributed by atoms with Gasteiger partial charge in [0.15, 0.2) is 0 Å². The molecule has 0 spiro atoms. The van der Waals surface area contributed by atoms with Crippen LogP contribution in [0.3, 0.4) is 0 Å². The molecule has 4 rings (SSSR count). The van der Waals surface area contributed by atoms with Crippen molar-refractivity contribution in [2.75, 3.05) is 67.2 Å². The van der Waals surface area contributed by atoms with Crippen molar-refractivity contribution in [2.45, 2.75) is 31.8 Å². The van der Waals surface area contributed by atoms with E-state index in [1.807, 2.05) is 0 Å². The van der Waals surface area contributed by atoms with E-state index in [-0.39, 0.29) is 0 Å². The lowest BCUT2D eigenvalue weighted by molar-refractivity contribution is 0.0782. The summed E-state index contributed by atoms with van der Waals surface area (Å²) >= 11 is 4.34. The maximum Gasteiger partial charge on any atom is 0.0396 e. The van der Waals surface area contributed by atoms with Gasteiger partial charge in [-0.25, -0.2) is 0 Å². The van der Waals surface area contributed by atoms with Gasteiger partial charge >= 0.3 is 0 Å². The Bertz CT molecular complexity index is 566. The Morgan fingerprint density at radius 3 is 2.31 bits per heavy atom. The van der Waals surface area contributed by atoms with Crippen molar-refractivity contribution in [3.8, 4) is 0 Å². The van der Waals surface area contributed by atoms with E-state index < -0.39 is 0 Å². The fourth-order valence-electron chi connectivity index (χ4n) is 4.67. The van der Waals surface area contributed by atoms with Crippen LogP contribution in [0.5, 0.6) is 0 Å². The van der Waals surface area contributed by atoms with Crippen molar-refractivity contribution in [2.24, 2.45) is 0 Å². The van der Waals surface area contributed by atoms with Crippen LogP contribution < -0.4 is 4.90 Å². The summed E-state index contributed by atoms with van der Waals surface area (Å²) in [6.45, 7) is 9.67. The van der Waals surface area contributed by atoms with E-state index >= 15 is 0 Å². The van der Waals surface area contributed by atoms with Crippen molar-refractivity contribution in [3.63, 3.8) is 0 Å². The minimum atomic E-state index is 0.779. The van der Waals surface area contributed by atoms with Gasteiger partial charge in [0.1, 0.15) is 0 Å². The van der Waals surface area contributed by atoms with E-state index in [0.29, 0.717) is 0 Å². The molecule has 3 aliphatic rings. The summed E-state index contributed by atoms with van der Waals surface area (Å²) in [4.78, 5) is 8.20. The summed E-state index contributed by atoms with van der Waals surface area (Å²) in [5.41, 5.74) is 2.85. The van der Waals surface area contributed by atoms with Gasteiger partial charge in [-0.1, -0.05) is 18.2 Å². The fourth-order valence-corrected chi connectivity index (χ4v) is 7.30. The molecule has 0 radical (unpaired) electrons. The molecule has 3 saturated heterocycles. The minimum Gasteiger partial charge on any atom is -0.369 e. The van der Waals surface area contributed by atoms with Gasteiger partial charge in [-0.3, -0.25) is 9.80 Å². The van der Waals surface area contributed by atoms with Crippen molar-refractivity contribution in [1.82, 2.24) is 9.80 Å². The molecular formula is C21H33N3S2. The summed E-state index contributed by atoms with van der Waals surface area (Å²) < 4.78 is 0. The topological polar surface area (TPSA) is 9.72 Å². The molecule has 0 aliphatic carbocycles. The van der Waals surface area contributed by atoms with Crippen LogP contribution in [-0.2, 0) is 0 Å². The highest BCUT2D eigenvalue weighted by atomic mass is 32.2. The summed E-state index contributed by atoms with van der Waals surface area (Å²) in [7, 11) is 0. The van der Waals surface area contributed by atoms with Gasteiger partial charge in [-0.15, -0.1) is 0 Å². The average Bonchev–Trinajstić information content (AvgIpc) is 2.98. The second kappa shape index (κ2) is 9.22. The van der Waals surface area contributed by atoms with Crippen LogP contribution >= 0.6 is 23.5 Å². The number of piperazine rings is 1. The van der Waals surface area contributed by atoms with Crippen LogP contribution in [0.1, 0.15) is 18.4 Å². The van der Waals surface area contributed by atoms with Crippen LogP contribution in [0.2, 0.25) is 0 Å². The molecule has 1 aromatic rings. The van der Waals surface area contributed by atoms with Gasteiger partial charge in [0.25, 0.3) is 0 Å². The smallest absolute Gasteiger partial charge is 0.0396 e. The van der Waals surface area contributed by atoms with Crippen LogP contribution in [-0.4, -0.2) is 84.2 Å². The Morgan fingerprint density at radius 1 is 0.846 bits per heavy atom. The molecule has 1 atom stereocenters. The number of benzene rings is 1. The average molecular weight is 392 g/mol. The third kappa shape index (κ3) is 4.54. The second-order valence-corrected chi connectivity index (χ2v) is 10.2. The van der Waals surface area contributed by atoms with E-state index in [0.717, 1.165) is 12.1 Å². The van der Waals surface area contributed by atoms with Gasteiger partial charge < -0.3 is 4.90 Å². The molecule has 26 heavy (non-hydrogen) atoms. The van der Waals surface area contributed by atoms with Crippen LogP contribution in [0.25, 0.3) is 0 Å². The Hall–Kier alpha value is -0.360. The number of hydrogen-bond donors (Lipinski definition) is 0. The molecule has 3 nitrogen and oxygen atoms in total. The lowest BCUT2D eigenvalue weighted by Gasteiger charge is -2.45. The Morgan fingerprint density at radius 2 is 1.58 bits per heavy atom. The monoisotopic (exact) mass is 391 g/mol. The fraction of sp³-hybridized carbons (Fsp3) is 0.714. The van der Waals surface area contributed by atoms with Gasteiger partial charge in [0.2, 0.25) is 0 Å².